The largest absolute Gasteiger partial charge is 0.299 e. The molecule has 1 aromatic carbocycles. The molecule has 0 saturated heterocycles. The smallest absolute Gasteiger partial charge is 0.140 e. The average Bonchev–Trinajstić information content (AvgIpc) is 2.26. The van der Waals surface area contributed by atoms with E-state index >= 15 is 0 Å². The van der Waals surface area contributed by atoms with Gasteiger partial charge in [0.2, 0.25) is 0 Å². The fourth-order valence-corrected chi connectivity index (χ4v) is 2.56. The molecule has 2 rings (SSSR count). The van der Waals surface area contributed by atoms with E-state index in [-0.39, 0.29) is 5.92 Å². The first kappa shape index (κ1) is 10.4. The number of hydrogen-bond donors (Lipinski definition) is 0. The highest BCUT2D eigenvalue weighted by Crippen LogP contribution is 2.38. The molecule has 0 unspecified atom stereocenters. The number of benzene rings is 1. The molecule has 0 spiro atoms. The van der Waals surface area contributed by atoms with Crippen LogP contribution >= 0.6 is 0 Å². The topological polar surface area (TPSA) is 17.1 Å². The van der Waals surface area contributed by atoms with Crippen molar-refractivity contribution in [1.29, 1.82) is 0 Å². The summed E-state index contributed by atoms with van der Waals surface area (Å²) in [7, 11) is 0. The van der Waals surface area contributed by atoms with Gasteiger partial charge in [-0.3, -0.25) is 4.79 Å². The third-order valence-corrected chi connectivity index (χ3v) is 3.78. The summed E-state index contributed by atoms with van der Waals surface area (Å²) in [6.45, 7) is 4.46. The van der Waals surface area contributed by atoms with Crippen molar-refractivity contribution in [3.63, 3.8) is 0 Å². The molecule has 1 heteroatoms. The fourth-order valence-electron chi connectivity index (χ4n) is 2.56. The van der Waals surface area contributed by atoms with Crippen LogP contribution in [0.15, 0.2) is 30.3 Å². The monoisotopic (exact) mass is 202 g/mol. The zero-order valence-corrected chi connectivity index (χ0v) is 9.44. The van der Waals surface area contributed by atoms with Crippen molar-refractivity contribution in [3.8, 4) is 0 Å². The van der Waals surface area contributed by atoms with E-state index in [4.69, 9.17) is 0 Å². The highest BCUT2D eigenvalue weighted by molar-refractivity contribution is 5.86. The molecular formula is C14H18O. The Balaban J connectivity index is 2.29. The van der Waals surface area contributed by atoms with Gasteiger partial charge >= 0.3 is 0 Å². The van der Waals surface area contributed by atoms with Crippen molar-refractivity contribution >= 4 is 5.78 Å². The van der Waals surface area contributed by atoms with Crippen LogP contribution in [0.2, 0.25) is 0 Å². The fraction of sp³-hybridized carbons (Fsp3) is 0.500. The van der Waals surface area contributed by atoms with Crippen molar-refractivity contribution in [2.24, 2.45) is 11.8 Å². The van der Waals surface area contributed by atoms with Crippen LogP contribution in [0.25, 0.3) is 0 Å². The number of hydrogen-bond acceptors (Lipinski definition) is 1. The van der Waals surface area contributed by atoms with Crippen LogP contribution in [-0.4, -0.2) is 5.78 Å². The van der Waals surface area contributed by atoms with Gasteiger partial charge in [-0.05, 0) is 23.8 Å². The predicted molar refractivity (Wildman–Crippen MR) is 61.8 cm³/mol. The zero-order valence-electron chi connectivity index (χ0n) is 9.44. The van der Waals surface area contributed by atoms with E-state index in [0.717, 1.165) is 12.8 Å². The summed E-state index contributed by atoms with van der Waals surface area (Å²) >= 11 is 0. The van der Waals surface area contributed by atoms with Crippen LogP contribution in [0, 0.1) is 11.8 Å². The van der Waals surface area contributed by atoms with Gasteiger partial charge in [0.15, 0.2) is 0 Å². The Morgan fingerprint density at radius 2 is 1.80 bits per heavy atom. The molecule has 1 aliphatic rings. The second-order valence-corrected chi connectivity index (χ2v) is 4.73. The van der Waals surface area contributed by atoms with E-state index in [1.54, 1.807) is 0 Å². The molecule has 1 aliphatic carbocycles. The Morgan fingerprint density at radius 1 is 1.13 bits per heavy atom. The van der Waals surface area contributed by atoms with Crippen molar-refractivity contribution in [1.82, 2.24) is 0 Å². The Morgan fingerprint density at radius 3 is 2.47 bits per heavy atom. The molecule has 0 radical (unpaired) electrons. The van der Waals surface area contributed by atoms with Crippen LogP contribution in [-0.2, 0) is 4.79 Å². The Kier molecular flexibility index (Phi) is 2.90. The van der Waals surface area contributed by atoms with Crippen molar-refractivity contribution in [2.45, 2.75) is 32.6 Å². The van der Waals surface area contributed by atoms with Gasteiger partial charge in [0.25, 0.3) is 0 Å². The third-order valence-electron chi connectivity index (χ3n) is 3.78. The maximum absolute atomic E-state index is 12.0. The molecular weight excluding hydrogens is 184 g/mol. The molecule has 1 nitrogen and oxygen atoms in total. The predicted octanol–water partition coefficient (Wildman–Crippen LogP) is 3.41. The highest BCUT2D eigenvalue weighted by atomic mass is 16.1. The minimum absolute atomic E-state index is 0.134. The molecule has 1 saturated carbocycles. The van der Waals surface area contributed by atoms with Crippen molar-refractivity contribution < 1.29 is 4.79 Å². The Bertz CT molecular complexity index is 342. The molecule has 0 heterocycles. The molecule has 0 bridgehead atoms. The lowest BCUT2D eigenvalue weighted by Gasteiger charge is -2.33. The first-order valence-electron chi connectivity index (χ1n) is 5.78. The summed E-state index contributed by atoms with van der Waals surface area (Å²) in [5.41, 5.74) is 1.20. The van der Waals surface area contributed by atoms with Crippen molar-refractivity contribution in [2.75, 3.05) is 0 Å². The van der Waals surface area contributed by atoms with E-state index in [2.05, 4.69) is 26.0 Å². The Hall–Kier alpha value is -1.11. The van der Waals surface area contributed by atoms with Gasteiger partial charge < -0.3 is 0 Å². The molecule has 1 aromatic rings. The summed E-state index contributed by atoms with van der Waals surface area (Å²) in [6.07, 6.45) is 1.81. The highest BCUT2D eigenvalue weighted by Gasteiger charge is 2.34. The van der Waals surface area contributed by atoms with Crippen LogP contribution in [0.3, 0.4) is 0 Å². The van der Waals surface area contributed by atoms with Gasteiger partial charge in [-0.1, -0.05) is 44.2 Å². The normalized spacial score (nSPS) is 31.6. The first-order valence-corrected chi connectivity index (χ1v) is 5.78. The molecule has 3 atom stereocenters. The molecule has 80 valence electrons. The zero-order chi connectivity index (χ0) is 10.8. The Labute approximate surface area is 91.5 Å². The number of carbonyl (C=O) groups excluding carboxylic acids is 1. The quantitative estimate of drug-likeness (QED) is 0.682. The number of rotatable bonds is 1. The summed E-state index contributed by atoms with van der Waals surface area (Å²) in [5, 5.41) is 0. The standard InChI is InChI=1S/C14H18O/c1-10-8-9-13(15)14(11(10)2)12-6-4-3-5-7-12/h3-7,10-11,14H,8-9H2,1-2H3/t10-,11+,14+/m0/s1. The lowest BCUT2D eigenvalue weighted by molar-refractivity contribution is -0.124. The maximum atomic E-state index is 12.0. The van der Waals surface area contributed by atoms with Gasteiger partial charge in [0.05, 0.1) is 0 Å². The average molecular weight is 202 g/mol. The second-order valence-electron chi connectivity index (χ2n) is 4.73. The summed E-state index contributed by atoms with van der Waals surface area (Å²) in [6, 6.07) is 10.2. The van der Waals surface area contributed by atoms with Gasteiger partial charge in [0, 0.05) is 12.3 Å². The summed E-state index contributed by atoms with van der Waals surface area (Å²) in [5.74, 6) is 1.70. The molecule has 0 aromatic heterocycles. The van der Waals surface area contributed by atoms with Crippen LogP contribution < -0.4 is 0 Å². The van der Waals surface area contributed by atoms with Crippen LogP contribution in [0.1, 0.15) is 38.2 Å². The minimum atomic E-state index is 0.134. The van der Waals surface area contributed by atoms with E-state index in [1.165, 1.54) is 5.56 Å². The summed E-state index contributed by atoms with van der Waals surface area (Å²) in [4.78, 5) is 12.0. The van der Waals surface area contributed by atoms with Gasteiger partial charge in [-0.2, -0.15) is 0 Å². The maximum Gasteiger partial charge on any atom is 0.140 e. The number of Topliss-reactive ketones (excluding diaryl/α,β-unsaturated/α-hetero) is 1. The number of ketones is 1. The third kappa shape index (κ3) is 1.97. The second kappa shape index (κ2) is 4.18. The van der Waals surface area contributed by atoms with E-state index in [0.29, 0.717) is 17.6 Å². The molecule has 0 N–H and O–H groups in total. The molecule has 15 heavy (non-hydrogen) atoms. The van der Waals surface area contributed by atoms with Gasteiger partial charge in [-0.15, -0.1) is 0 Å². The SMILES string of the molecule is C[C@@H]1[C@@H](C)CCC(=O)[C@H]1c1ccccc1. The van der Waals surface area contributed by atoms with E-state index in [9.17, 15) is 4.79 Å². The molecule has 0 amide bonds. The van der Waals surface area contributed by atoms with Gasteiger partial charge in [0.1, 0.15) is 5.78 Å². The molecule has 1 fully saturated rings. The van der Waals surface area contributed by atoms with Crippen LogP contribution in [0.4, 0.5) is 0 Å². The van der Waals surface area contributed by atoms with Crippen molar-refractivity contribution in [3.05, 3.63) is 35.9 Å². The van der Waals surface area contributed by atoms with Gasteiger partial charge in [-0.25, -0.2) is 0 Å². The number of carbonyl (C=O) groups is 1. The van der Waals surface area contributed by atoms with E-state index in [1.807, 2.05) is 18.2 Å². The summed E-state index contributed by atoms with van der Waals surface area (Å²) < 4.78 is 0. The lowest BCUT2D eigenvalue weighted by atomic mass is 9.70. The first-order chi connectivity index (χ1) is 7.20. The minimum Gasteiger partial charge on any atom is -0.299 e. The van der Waals surface area contributed by atoms with Crippen LogP contribution in [0.5, 0.6) is 0 Å². The lowest BCUT2D eigenvalue weighted by Crippen LogP contribution is -2.30. The molecule has 0 aliphatic heterocycles. The van der Waals surface area contributed by atoms with E-state index < -0.39 is 0 Å².